The van der Waals surface area contributed by atoms with Crippen molar-refractivity contribution in [3.63, 3.8) is 0 Å². The number of piperazine rings is 1. The largest absolute Gasteiger partial charge is 0.467 e. The van der Waals surface area contributed by atoms with Gasteiger partial charge in [0.2, 0.25) is 5.91 Å². The molecule has 0 N–H and O–H groups in total. The predicted octanol–water partition coefficient (Wildman–Crippen LogP) is 2.75. The van der Waals surface area contributed by atoms with Crippen molar-refractivity contribution >= 4 is 34.1 Å². The zero-order valence-corrected chi connectivity index (χ0v) is 18.2. The van der Waals surface area contributed by atoms with Gasteiger partial charge in [0.1, 0.15) is 11.5 Å². The first kappa shape index (κ1) is 21.3. The van der Waals surface area contributed by atoms with Gasteiger partial charge in [-0.3, -0.25) is 9.59 Å². The van der Waals surface area contributed by atoms with Gasteiger partial charge in [-0.05, 0) is 17.5 Å². The van der Waals surface area contributed by atoms with E-state index >= 15 is 0 Å². The molecule has 0 bridgehead atoms. The molecule has 0 atom stereocenters. The highest BCUT2D eigenvalue weighted by molar-refractivity contribution is 6.09. The summed E-state index contributed by atoms with van der Waals surface area (Å²) < 4.78 is 5.27. The zero-order valence-electron chi connectivity index (χ0n) is 18.2. The van der Waals surface area contributed by atoms with Gasteiger partial charge in [0.05, 0.1) is 12.8 Å². The summed E-state index contributed by atoms with van der Waals surface area (Å²) in [4.78, 5) is 39.3. The van der Waals surface area contributed by atoms with Crippen molar-refractivity contribution in [1.82, 2.24) is 14.9 Å². The molecular weight excluding hydrogens is 406 g/mol. The van der Waals surface area contributed by atoms with Gasteiger partial charge in [-0.1, -0.05) is 43.0 Å². The lowest BCUT2D eigenvalue weighted by Gasteiger charge is -2.35. The molecule has 8 heteroatoms. The third-order valence-electron chi connectivity index (χ3n) is 5.62. The lowest BCUT2D eigenvalue weighted by atomic mass is 10.1. The van der Waals surface area contributed by atoms with Gasteiger partial charge >= 0.3 is 6.01 Å². The summed E-state index contributed by atoms with van der Waals surface area (Å²) in [6.45, 7) is 5.83. The van der Waals surface area contributed by atoms with Crippen LogP contribution >= 0.6 is 0 Å². The molecule has 1 fully saturated rings. The smallest absolute Gasteiger partial charge is 0.318 e. The second kappa shape index (κ2) is 9.05. The first-order valence-corrected chi connectivity index (χ1v) is 10.4. The van der Waals surface area contributed by atoms with Crippen LogP contribution in [-0.4, -0.2) is 67.0 Å². The standard InChI is InChI=1S/C24H25N5O3/c1-4-22(30)29-14-12-28(13-15-29)21-16-19(25-24(26-21)32-3)23(31)27(2)20-11-7-9-17-8-5-6-10-18(17)20/h4-11,16H,1,12-15H2,2-3H3. The number of carbonyl (C=O) groups excluding carboxylic acids is 2. The third kappa shape index (κ3) is 4.12. The van der Waals surface area contributed by atoms with E-state index in [1.807, 2.05) is 47.4 Å². The summed E-state index contributed by atoms with van der Waals surface area (Å²) in [6, 6.07) is 15.6. The highest BCUT2D eigenvalue weighted by Crippen LogP contribution is 2.27. The van der Waals surface area contributed by atoms with E-state index in [1.54, 1.807) is 22.9 Å². The van der Waals surface area contributed by atoms with E-state index in [2.05, 4.69) is 16.5 Å². The van der Waals surface area contributed by atoms with Gasteiger partial charge in [0.15, 0.2) is 0 Å². The molecule has 1 saturated heterocycles. The van der Waals surface area contributed by atoms with Gasteiger partial charge in [-0.15, -0.1) is 0 Å². The van der Waals surface area contributed by atoms with Crippen molar-refractivity contribution in [3.05, 3.63) is 66.9 Å². The normalized spacial score (nSPS) is 13.7. The number of hydrogen-bond donors (Lipinski definition) is 0. The average molecular weight is 431 g/mol. The zero-order chi connectivity index (χ0) is 22.7. The number of nitrogens with zero attached hydrogens (tertiary/aromatic N) is 5. The summed E-state index contributed by atoms with van der Waals surface area (Å²) in [5.74, 6) is 0.249. The van der Waals surface area contributed by atoms with Crippen molar-refractivity contribution in [2.45, 2.75) is 0 Å². The average Bonchev–Trinajstić information content (AvgIpc) is 2.86. The van der Waals surface area contributed by atoms with E-state index in [9.17, 15) is 9.59 Å². The molecule has 164 valence electrons. The molecule has 1 aromatic heterocycles. The maximum atomic E-state index is 13.4. The maximum Gasteiger partial charge on any atom is 0.318 e. The van der Waals surface area contributed by atoms with Crippen molar-refractivity contribution in [2.75, 3.05) is 50.1 Å². The van der Waals surface area contributed by atoms with Crippen LogP contribution in [0.3, 0.4) is 0 Å². The Kier molecular flexibility index (Phi) is 6.02. The molecule has 2 amide bonds. The molecule has 1 aliphatic rings. The van der Waals surface area contributed by atoms with Crippen LogP contribution in [0.5, 0.6) is 6.01 Å². The summed E-state index contributed by atoms with van der Waals surface area (Å²) in [6.07, 6.45) is 1.32. The number of amides is 2. The fourth-order valence-corrected chi connectivity index (χ4v) is 3.84. The van der Waals surface area contributed by atoms with E-state index in [4.69, 9.17) is 4.74 Å². The van der Waals surface area contributed by atoms with E-state index in [0.29, 0.717) is 32.0 Å². The first-order chi connectivity index (χ1) is 15.5. The maximum absolute atomic E-state index is 13.4. The third-order valence-corrected chi connectivity index (χ3v) is 5.62. The Balaban J connectivity index is 1.61. The van der Waals surface area contributed by atoms with Gasteiger partial charge in [-0.2, -0.15) is 9.97 Å². The van der Waals surface area contributed by atoms with Crippen molar-refractivity contribution < 1.29 is 14.3 Å². The van der Waals surface area contributed by atoms with E-state index in [1.165, 1.54) is 13.2 Å². The van der Waals surface area contributed by atoms with Gasteiger partial charge < -0.3 is 19.4 Å². The van der Waals surface area contributed by atoms with Crippen LogP contribution in [-0.2, 0) is 4.79 Å². The number of fused-ring (bicyclic) bond motifs is 1. The van der Waals surface area contributed by atoms with Crippen molar-refractivity contribution in [2.24, 2.45) is 0 Å². The van der Waals surface area contributed by atoms with Crippen molar-refractivity contribution in [3.8, 4) is 6.01 Å². The highest BCUT2D eigenvalue weighted by atomic mass is 16.5. The molecule has 0 aliphatic carbocycles. The number of rotatable bonds is 5. The van der Waals surface area contributed by atoms with Crippen LogP contribution in [0.1, 0.15) is 10.5 Å². The molecule has 8 nitrogen and oxygen atoms in total. The summed E-state index contributed by atoms with van der Waals surface area (Å²) >= 11 is 0. The molecule has 1 aliphatic heterocycles. The van der Waals surface area contributed by atoms with Crippen molar-refractivity contribution in [1.29, 1.82) is 0 Å². The highest BCUT2D eigenvalue weighted by Gasteiger charge is 2.24. The monoisotopic (exact) mass is 431 g/mol. The molecule has 2 heterocycles. The minimum atomic E-state index is -0.260. The lowest BCUT2D eigenvalue weighted by Crippen LogP contribution is -2.48. The van der Waals surface area contributed by atoms with E-state index in [0.717, 1.165) is 16.5 Å². The summed E-state index contributed by atoms with van der Waals surface area (Å²) in [5.41, 5.74) is 1.04. The second-order valence-corrected chi connectivity index (χ2v) is 7.48. The second-order valence-electron chi connectivity index (χ2n) is 7.48. The minimum absolute atomic E-state index is 0.0857. The first-order valence-electron chi connectivity index (χ1n) is 10.4. The summed E-state index contributed by atoms with van der Waals surface area (Å²) in [7, 11) is 3.21. The number of carbonyl (C=O) groups is 2. The number of hydrogen-bond acceptors (Lipinski definition) is 6. The van der Waals surface area contributed by atoms with E-state index < -0.39 is 0 Å². The van der Waals surface area contributed by atoms with Crippen LogP contribution in [0, 0.1) is 0 Å². The summed E-state index contributed by atoms with van der Waals surface area (Å²) in [5, 5.41) is 2.03. The lowest BCUT2D eigenvalue weighted by molar-refractivity contribution is -0.126. The van der Waals surface area contributed by atoms with Crippen LogP contribution in [0.2, 0.25) is 0 Å². The Morgan fingerprint density at radius 1 is 1.06 bits per heavy atom. The number of anilines is 2. The fraction of sp³-hybridized carbons (Fsp3) is 0.250. The molecule has 0 unspecified atom stereocenters. The van der Waals surface area contributed by atoms with Crippen LogP contribution in [0.25, 0.3) is 10.8 Å². The van der Waals surface area contributed by atoms with Crippen LogP contribution in [0.4, 0.5) is 11.5 Å². The van der Waals surface area contributed by atoms with Crippen LogP contribution < -0.4 is 14.5 Å². The molecule has 3 aromatic rings. The molecule has 0 saturated carbocycles. The SMILES string of the molecule is C=CC(=O)N1CCN(c2cc(C(=O)N(C)c3cccc4ccccc34)nc(OC)n2)CC1. The Morgan fingerprint density at radius 3 is 2.50 bits per heavy atom. The Labute approximate surface area is 186 Å². The molecule has 4 rings (SSSR count). The number of ether oxygens (including phenoxy) is 1. The number of benzene rings is 2. The molecule has 2 aromatic carbocycles. The molecule has 32 heavy (non-hydrogen) atoms. The van der Waals surface area contributed by atoms with Gasteiger partial charge in [0, 0.05) is 44.7 Å². The number of aromatic nitrogens is 2. The van der Waals surface area contributed by atoms with E-state index in [-0.39, 0.29) is 23.5 Å². The van der Waals surface area contributed by atoms with Crippen LogP contribution in [0.15, 0.2) is 61.2 Å². The number of methoxy groups -OCH3 is 1. The molecular formula is C24H25N5O3. The Hall–Kier alpha value is -3.94. The topological polar surface area (TPSA) is 78.9 Å². The minimum Gasteiger partial charge on any atom is -0.467 e. The quantitative estimate of drug-likeness (QED) is 0.578. The van der Waals surface area contributed by atoms with Gasteiger partial charge in [-0.25, -0.2) is 0 Å². The molecule has 0 radical (unpaired) electrons. The molecule has 0 spiro atoms. The van der Waals surface area contributed by atoms with Gasteiger partial charge in [0.25, 0.3) is 5.91 Å². The fourth-order valence-electron chi connectivity index (χ4n) is 3.84. The Bertz CT molecular complexity index is 1170. The predicted molar refractivity (Wildman–Crippen MR) is 124 cm³/mol. The Morgan fingerprint density at radius 2 is 1.78 bits per heavy atom.